The summed E-state index contributed by atoms with van der Waals surface area (Å²) in [4.78, 5) is 2.41. The summed E-state index contributed by atoms with van der Waals surface area (Å²) in [6.07, 6.45) is 8.34. The van der Waals surface area contributed by atoms with Gasteiger partial charge in [-0.25, -0.2) is 0 Å². The summed E-state index contributed by atoms with van der Waals surface area (Å²) in [7, 11) is 0. The Balaban J connectivity index is 2.48. The highest BCUT2D eigenvalue weighted by atomic mass is 15.1. The molecular weight excluding hydrogens is 172 g/mol. The molecule has 0 aromatic carbocycles. The molecule has 2 unspecified atom stereocenters. The molecule has 0 bridgehead atoms. The van der Waals surface area contributed by atoms with E-state index in [4.69, 9.17) is 5.26 Å². The maximum absolute atomic E-state index is 8.78. The highest BCUT2D eigenvalue weighted by Crippen LogP contribution is 2.17. The first-order valence-corrected chi connectivity index (χ1v) is 5.58. The van der Waals surface area contributed by atoms with Gasteiger partial charge in [0.25, 0.3) is 0 Å². The SMILES string of the molecule is CCN(CC(C)C#N)C1C=CCCC1. The van der Waals surface area contributed by atoms with Crippen LogP contribution >= 0.6 is 0 Å². The van der Waals surface area contributed by atoms with Crippen molar-refractivity contribution >= 4 is 0 Å². The molecule has 0 saturated heterocycles. The van der Waals surface area contributed by atoms with Crippen molar-refractivity contribution in [1.82, 2.24) is 4.90 Å². The van der Waals surface area contributed by atoms with Gasteiger partial charge < -0.3 is 0 Å². The first-order valence-electron chi connectivity index (χ1n) is 5.58. The lowest BCUT2D eigenvalue weighted by molar-refractivity contribution is 0.210. The van der Waals surface area contributed by atoms with Gasteiger partial charge in [0.05, 0.1) is 12.0 Å². The Morgan fingerprint density at radius 1 is 1.64 bits per heavy atom. The molecule has 0 aromatic heterocycles. The first kappa shape index (κ1) is 11.3. The van der Waals surface area contributed by atoms with Crippen LogP contribution in [0.4, 0.5) is 0 Å². The predicted molar refractivity (Wildman–Crippen MR) is 58.8 cm³/mol. The Hall–Kier alpha value is -0.810. The average Bonchev–Trinajstić information content (AvgIpc) is 2.26. The second kappa shape index (κ2) is 5.82. The summed E-state index contributed by atoms with van der Waals surface area (Å²) in [5.41, 5.74) is 0. The Morgan fingerprint density at radius 3 is 2.93 bits per heavy atom. The Labute approximate surface area is 87.2 Å². The molecule has 78 valence electrons. The van der Waals surface area contributed by atoms with Gasteiger partial charge in [0.1, 0.15) is 0 Å². The third kappa shape index (κ3) is 3.16. The minimum Gasteiger partial charge on any atom is -0.296 e. The highest BCUT2D eigenvalue weighted by Gasteiger charge is 2.17. The van der Waals surface area contributed by atoms with E-state index >= 15 is 0 Å². The summed E-state index contributed by atoms with van der Waals surface area (Å²) < 4.78 is 0. The van der Waals surface area contributed by atoms with Crippen LogP contribution in [0.5, 0.6) is 0 Å². The maximum atomic E-state index is 8.78. The first-order chi connectivity index (χ1) is 6.77. The molecule has 0 amide bonds. The Bertz CT molecular complexity index is 227. The quantitative estimate of drug-likeness (QED) is 0.640. The predicted octanol–water partition coefficient (Wildman–Crippen LogP) is 2.58. The fourth-order valence-corrected chi connectivity index (χ4v) is 1.99. The van der Waals surface area contributed by atoms with E-state index in [1.165, 1.54) is 19.3 Å². The van der Waals surface area contributed by atoms with E-state index in [9.17, 15) is 0 Å². The van der Waals surface area contributed by atoms with Crippen LogP contribution in [0.15, 0.2) is 12.2 Å². The molecule has 0 saturated carbocycles. The number of rotatable bonds is 4. The summed E-state index contributed by atoms with van der Waals surface area (Å²) in [5.74, 6) is 0.144. The van der Waals surface area contributed by atoms with Crippen molar-refractivity contribution < 1.29 is 0 Å². The van der Waals surface area contributed by atoms with Gasteiger partial charge in [-0.1, -0.05) is 19.1 Å². The van der Waals surface area contributed by atoms with Crippen LogP contribution in [0.2, 0.25) is 0 Å². The van der Waals surface area contributed by atoms with Crippen molar-refractivity contribution in [2.75, 3.05) is 13.1 Å². The normalized spacial score (nSPS) is 23.4. The lowest BCUT2D eigenvalue weighted by Gasteiger charge is -2.31. The number of hydrogen-bond donors (Lipinski definition) is 0. The molecule has 0 N–H and O–H groups in total. The lowest BCUT2D eigenvalue weighted by atomic mass is 10.0. The smallest absolute Gasteiger partial charge is 0.0666 e. The molecule has 2 heteroatoms. The van der Waals surface area contributed by atoms with Gasteiger partial charge in [-0.05, 0) is 32.7 Å². The number of hydrogen-bond acceptors (Lipinski definition) is 2. The molecule has 0 spiro atoms. The fraction of sp³-hybridized carbons (Fsp3) is 0.750. The molecule has 0 aromatic rings. The number of nitriles is 1. The topological polar surface area (TPSA) is 27.0 Å². The monoisotopic (exact) mass is 192 g/mol. The molecular formula is C12H20N2. The summed E-state index contributed by atoms with van der Waals surface area (Å²) in [6, 6.07) is 2.88. The minimum absolute atomic E-state index is 0.144. The molecule has 2 atom stereocenters. The average molecular weight is 192 g/mol. The zero-order chi connectivity index (χ0) is 10.4. The van der Waals surface area contributed by atoms with Crippen molar-refractivity contribution in [3.63, 3.8) is 0 Å². The standard InChI is InChI=1S/C12H20N2/c1-3-14(10-11(2)9-13)12-7-5-4-6-8-12/h5,7,11-12H,3-4,6,8,10H2,1-2H3. The third-order valence-corrected chi connectivity index (χ3v) is 2.83. The van der Waals surface area contributed by atoms with Gasteiger partial charge in [-0.15, -0.1) is 0 Å². The van der Waals surface area contributed by atoms with Gasteiger partial charge in [-0.3, -0.25) is 4.90 Å². The van der Waals surface area contributed by atoms with Crippen LogP contribution < -0.4 is 0 Å². The third-order valence-electron chi connectivity index (χ3n) is 2.83. The van der Waals surface area contributed by atoms with Crippen molar-refractivity contribution in [1.29, 1.82) is 5.26 Å². The minimum atomic E-state index is 0.144. The zero-order valence-corrected chi connectivity index (χ0v) is 9.24. The largest absolute Gasteiger partial charge is 0.296 e. The molecule has 0 radical (unpaired) electrons. The Kier molecular flexibility index (Phi) is 4.69. The Morgan fingerprint density at radius 2 is 2.43 bits per heavy atom. The van der Waals surface area contributed by atoms with Crippen molar-refractivity contribution in [3.05, 3.63) is 12.2 Å². The molecule has 1 rings (SSSR count). The molecule has 0 heterocycles. The number of allylic oxidation sites excluding steroid dienone is 1. The molecule has 14 heavy (non-hydrogen) atoms. The van der Waals surface area contributed by atoms with Crippen LogP contribution in [0.25, 0.3) is 0 Å². The van der Waals surface area contributed by atoms with Crippen molar-refractivity contribution in [3.8, 4) is 6.07 Å². The molecule has 1 aliphatic carbocycles. The molecule has 1 aliphatic rings. The second-order valence-electron chi connectivity index (χ2n) is 4.04. The van der Waals surface area contributed by atoms with Crippen LogP contribution in [0.3, 0.4) is 0 Å². The van der Waals surface area contributed by atoms with E-state index in [2.05, 4.69) is 30.0 Å². The van der Waals surface area contributed by atoms with E-state index in [1.807, 2.05) is 6.92 Å². The van der Waals surface area contributed by atoms with Crippen molar-refractivity contribution in [2.45, 2.75) is 39.2 Å². The lowest BCUT2D eigenvalue weighted by Crippen LogP contribution is -2.37. The van der Waals surface area contributed by atoms with Crippen LogP contribution in [0, 0.1) is 17.2 Å². The summed E-state index contributed by atoms with van der Waals surface area (Å²) in [5, 5.41) is 8.78. The fourth-order valence-electron chi connectivity index (χ4n) is 1.99. The van der Waals surface area contributed by atoms with E-state index in [1.54, 1.807) is 0 Å². The van der Waals surface area contributed by atoms with Crippen LogP contribution in [-0.4, -0.2) is 24.0 Å². The van der Waals surface area contributed by atoms with Crippen LogP contribution in [0.1, 0.15) is 33.1 Å². The van der Waals surface area contributed by atoms with E-state index in [0.29, 0.717) is 6.04 Å². The van der Waals surface area contributed by atoms with Gasteiger partial charge in [0, 0.05) is 12.6 Å². The van der Waals surface area contributed by atoms with Gasteiger partial charge >= 0.3 is 0 Å². The summed E-state index contributed by atoms with van der Waals surface area (Å²) in [6.45, 7) is 6.12. The van der Waals surface area contributed by atoms with Gasteiger partial charge in [0.2, 0.25) is 0 Å². The van der Waals surface area contributed by atoms with E-state index in [0.717, 1.165) is 13.1 Å². The molecule has 0 fully saturated rings. The van der Waals surface area contributed by atoms with Crippen LogP contribution in [-0.2, 0) is 0 Å². The maximum Gasteiger partial charge on any atom is 0.0666 e. The zero-order valence-electron chi connectivity index (χ0n) is 9.24. The molecule has 0 aliphatic heterocycles. The highest BCUT2D eigenvalue weighted by molar-refractivity contribution is 4.99. The van der Waals surface area contributed by atoms with E-state index in [-0.39, 0.29) is 5.92 Å². The van der Waals surface area contributed by atoms with Crippen molar-refractivity contribution in [2.24, 2.45) is 5.92 Å². The number of likely N-dealkylation sites (N-methyl/N-ethyl adjacent to an activating group) is 1. The second-order valence-corrected chi connectivity index (χ2v) is 4.04. The van der Waals surface area contributed by atoms with E-state index < -0.39 is 0 Å². The van der Waals surface area contributed by atoms with Gasteiger partial charge in [-0.2, -0.15) is 5.26 Å². The molecule has 2 nitrogen and oxygen atoms in total. The number of nitrogens with zero attached hydrogens (tertiary/aromatic N) is 2. The summed E-state index contributed by atoms with van der Waals surface area (Å²) >= 11 is 0. The van der Waals surface area contributed by atoms with Gasteiger partial charge in [0.15, 0.2) is 0 Å².